The van der Waals surface area contributed by atoms with Crippen molar-refractivity contribution in [3.8, 4) is 0 Å². The lowest BCUT2D eigenvalue weighted by Gasteiger charge is -2.20. The van der Waals surface area contributed by atoms with Gasteiger partial charge in [-0.05, 0) is 0 Å². The molecule has 2 amide bonds. The summed E-state index contributed by atoms with van der Waals surface area (Å²) < 4.78 is 9.21. The zero-order chi connectivity index (χ0) is 14.8. The van der Waals surface area contributed by atoms with Gasteiger partial charge in [-0.25, -0.2) is 9.59 Å². The molecule has 0 aromatic carbocycles. The quantitative estimate of drug-likeness (QED) is 0.589. The Morgan fingerprint density at radius 1 is 1.32 bits per heavy atom. The van der Waals surface area contributed by atoms with E-state index in [1.54, 1.807) is 0 Å². The predicted molar refractivity (Wildman–Crippen MR) is 65.7 cm³/mol. The number of urea groups is 1. The molecule has 1 atom stereocenters. The van der Waals surface area contributed by atoms with Crippen molar-refractivity contribution < 1.29 is 29.0 Å². The van der Waals surface area contributed by atoms with Crippen LogP contribution >= 0.6 is 0 Å². The van der Waals surface area contributed by atoms with E-state index in [1.807, 2.05) is 0 Å². The largest absolute Gasteiger partial charge is 0.480 e. The van der Waals surface area contributed by atoms with Gasteiger partial charge in [-0.3, -0.25) is 4.79 Å². The molecule has 110 valence electrons. The number of ether oxygens (including phenoxy) is 2. The van der Waals surface area contributed by atoms with E-state index in [2.05, 4.69) is 10.1 Å². The van der Waals surface area contributed by atoms with Crippen LogP contribution in [0.2, 0.25) is 0 Å². The number of esters is 1. The highest BCUT2D eigenvalue weighted by molar-refractivity contribution is 5.82. The van der Waals surface area contributed by atoms with Crippen molar-refractivity contribution in [2.75, 3.05) is 34.4 Å². The zero-order valence-corrected chi connectivity index (χ0v) is 11.3. The van der Waals surface area contributed by atoms with Crippen LogP contribution in [-0.4, -0.2) is 68.4 Å². The number of methoxy groups -OCH3 is 2. The van der Waals surface area contributed by atoms with Crippen LogP contribution in [0.4, 0.5) is 4.79 Å². The van der Waals surface area contributed by atoms with Crippen molar-refractivity contribution in [3.05, 3.63) is 0 Å². The maximum Gasteiger partial charge on any atom is 0.326 e. The van der Waals surface area contributed by atoms with E-state index in [9.17, 15) is 14.4 Å². The number of nitrogens with one attached hydrogen (secondary N) is 1. The van der Waals surface area contributed by atoms with Gasteiger partial charge in [0, 0.05) is 33.7 Å². The average Bonchev–Trinajstić information content (AvgIpc) is 2.39. The van der Waals surface area contributed by atoms with Crippen LogP contribution in [0.15, 0.2) is 0 Å². The summed E-state index contributed by atoms with van der Waals surface area (Å²) >= 11 is 0. The Balaban J connectivity index is 4.23. The number of nitrogens with zero attached hydrogens (tertiary/aromatic N) is 1. The van der Waals surface area contributed by atoms with E-state index in [0.29, 0.717) is 0 Å². The summed E-state index contributed by atoms with van der Waals surface area (Å²) in [5, 5.41) is 11.3. The molecule has 0 spiro atoms. The van der Waals surface area contributed by atoms with Crippen molar-refractivity contribution in [2.45, 2.75) is 18.9 Å². The van der Waals surface area contributed by atoms with Crippen molar-refractivity contribution in [2.24, 2.45) is 0 Å². The number of carbonyl (C=O) groups excluding carboxylic acids is 2. The van der Waals surface area contributed by atoms with Gasteiger partial charge >= 0.3 is 18.0 Å². The Kier molecular flexibility index (Phi) is 8.27. The van der Waals surface area contributed by atoms with Crippen molar-refractivity contribution in [1.82, 2.24) is 10.2 Å². The third-order valence-electron chi connectivity index (χ3n) is 2.43. The minimum absolute atomic E-state index is 0.0518. The van der Waals surface area contributed by atoms with Crippen LogP contribution < -0.4 is 5.32 Å². The molecule has 0 aliphatic heterocycles. The van der Waals surface area contributed by atoms with Crippen LogP contribution in [0.5, 0.6) is 0 Å². The molecule has 2 N–H and O–H groups in total. The molecule has 8 nitrogen and oxygen atoms in total. The number of hydrogen-bond donors (Lipinski definition) is 2. The molecule has 0 radical (unpaired) electrons. The minimum Gasteiger partial charge on any atom is -0.480 e. The first-order chi connectivity index (χ1) is 8.92. The SMILES string of the molecule is COCCC(NC(=O)N(C)CCC(=O)OC)C(=O)O. The van der Waals surface area contributed by atoms with Crippen molar-refractivity contribution in [3.63, 3.8) is 0 Å². The highest BCUT2D eigenvalue weighted by Crippen LogP contribution is 1.97. The number of hydrogen-bond acceptors (Lipinski definition) is 5. The molecule has 0 rings (SSSR count). The molecule has 0 saturated carbocycles. The van der Waals surface area contributed by atoms with Gasteiger partial charge < -0.3 is 24.8 Å². The fourth-order valence-corrected chi connectivity index (χ4v) is 1.21. The molecule has 0 heterocycles. The summed E-state index contributed by atoms with van der Waals surface area (Å²) in [6, 6.07) is -1.58. The summed E-state index contributed by atoms with van der Waals surface area (Å²) in [5.74, 6) is -1.57. The highest BCUT2D eigenvalue weighted by atomic mass is 16.5. The molecule has 1 unspecified atom stereocenters. The van der Waals surface area contributed by atoms with E-state index in [1.165, 1.54) is 26.2 Å². The summed E-state index contributed by atoms with van der Waals surface area (Å²) in [6.07, 6.45) is 0.221. The number of amides is 2. The number of aliphatic carboxylic acids is 1. The molecular weight excluding hydrogens is 256 g/mol. The third-order valence-corrected chi connectivity index (χ3v) is 2.43. The van der Waals surface area contributed by atoms with Crippen LogP contribution in [0.25, 0.3) is 0 Å². The molecule has 19 heavy (non-hydrogen) atoms. The molecule has 8 heteroatoms. The monoisotopic (exact) mass is 276 g/mol. The van der Waals surface area contributed by atoms with Crippen LogP contribution in [0, 0.1) is 0 Å². The van der Waals surface area contributed by atoms with Crippen LogP contribution in [-0.2, 0) is 19.1 Å². The second kappa shape index (κ2) is 9.15. The Morgan fingerprint density at radius 2 is 1.95 bits per heavy atom. The second-order valence-electron chi connectivity index (χ2n) is 3.87. The standard InChI is InChI=1S/C11H20N2O6/c1-13(6-4-9(14)19-3)11(17)12-8(10(15)16)5-7-18-2/h8H,4-7H2,1-3H3,(H,12,17)(H,15,16). The van der Waals surface area contributed by atoms with Gasteiger partial charge in [0.05, 0.1) is 13.5 Å². The first kappa shape index (κ1) is 17.2. The highest BCUT2D eigenvalue weighted by Gasteiger charge is 2.21. The van der Waals surface area contributed by atoms with E-state index in [-0.39, 0.29) is 26.0 Å². The molecule has 0 aromatic rings. The maximum absolute atomic E-state index is 11.7. The summed E-state index contributed by atoms with van der Waals surface area (Å²) in [4.78, 5) is 34.7. The Morgan fingerprint density at radius 3 is 2.42 bits per heavy atom. The van der Waals surface area contributed by atoms with E-state index in [0.717, 1.165) is 0 Å². The normalized spacial score (nSPS) is 11.5. The lowest BCUT2D eigenvalue weighted by Crippen LogP contribution is -2.47. The first-order valence-corrected chi connectivity index (χ1v) is 5.72. The lowest BCUT2D eigenvalue weighted by atomic mass is 10.2. The summed E-state index contributed by atoms with van der Waals surface area (Å²) in [7, 11) is 4.17. The van der Waals surface area contributed by atoms with Crippen molar-refractivity contribution >= 4 is 18.0 Å². The third kappa shape index (κ3) is 7.24. The number of carboxylic acid groups (broad SMARTS) is 1. The van der Waals surface area contributed by atoms with Gasteiger partial charge in [0.2, 0.25) is 0 Å². The van der Waals surface area contributed by atoms with E-state index >= 15 is 0 Å². The lowest BCUT2D eigenvalue weighted by molar-refractivity contribution is -0.141. The van der Waals surface area contributed by atoms with E-state index in [4.69, 9.17) is 9.84 Å². The maximum atomic E-state index is 11.7. The first-order valence-electron chi connectivity index (χ1n) is 5.72. The van der Waals surface area contributed by atoms with Crippen LogP contribution in [0.3, 0.4) is 0 Å². The van der Waals surface area contributed by atoms with E-state index < -0.39 is 24.0 Å². The van der Waals surface area contributed by atoms with Crippen molar-refractivity contribution in [1.29, 1.82) is 0 Å². The van der Waals surface area contributed by atoms with Crippen LogP contribution in [0.1, 0.15) is 12.8 Å². The molecule has 0 fully saturated rings. The van der Waals surface area contributed by atoms with Gasteiger partial charge in [-0.2, -0.15) is 0 Å². The molecule has 0 aromatic heterocycles. The van der Waals surface area contributed by atoms with Gasteiger partial charge in [0.25, 0.3) is 0 Å². The molecule has 0 bridgehead atoms. The van der Waals surface area contributed by atoms with Gasteiger partial charge in [0.1, 0.15) is 6.04 Å². The summed E-state index contributed by atoms with van der Waals surface area (Å²) in [5.41, 5.74) is 0. The fraction of sp³-hybridized carbons (Fsp3) is 0.727. The van der Waals surface area contributed by atoms with Gasteiger partial charge in [-0.1, -0.05) is 0 Å². The molecular formula is C11H20N2O6. The Bertz CT molecular complexity index is 320. The second-order valence-corrected chi connectivity index (χ2v) is 3.87. The molecule has 0 saturated heterocycles. The summed E-state index contributed by atoms with van der Waals surface area (Å²) in [6.45, 7) is 0.373. The number of rotatable bonds is 8. The number of carboxylic acids is 1. The van der Waals surface area contributed by atoms with Gasteiger partial charge in [0.15, 0.2) is 0 Å². The molecule has 0 aliphatic carbocycles. The Labute approximate surface area is 111 Å². The topological polar surface area (TPSA) is 105 Å². The Hall–Kier alpha value is -1.83. The smallest absolute Gasteiger partial charge is 0.326 e. The average molecular weight is 276 g/mol. The number of carbonyl (C=O) groups is 3. The minimum atomic E-state index is -1.13. The predicted octanol–water partition coefficient (Wildman–Crippen LogP) is -0.319. The fourth-order valence-electron chi connectivity index (χ4n) is 1.21. The van der Waals surface area contributed by atoms with Gasteiger partial charge in [-0.15, -0.1) is 0 Å². The molecule has 0 aliphatic rings. The zero-order valence-electron chi connectivity index (χ0n) is 11.3.